The predicted octanol–water partition coefficient (Wildman–Crippen LogP) is 3.61. The van der Waals surface area contributed by atoms with Gasteiger partial charge < -0.3 is 14.6 Å². The Morgan fingerprint density at radius 3 is 2.14 bits per heavy atom. The van der Waals surface area contributed by atoms with Crippen LogP contribution in [0.4, 0.5) is 0 Å². The van der Waals surface area contributed by atoms with Crippen molar-refractivity contribution in [1.82, 2.24) is 10.5 Å². The summed E-state index contributed by atoms with van der Waals surface area (Å²) in [4.78, 5) is 24.8. The molecule has 0 saturated heterocycles. The van der Waals surface area contributed by atoms with Gasteiger partial charge in [-0.25, -0.2) is 4.79 Å². The maximum atomic E-state index is 12.5. The first kappa shape index (κ1) is 19.4. The molecule has 0 aliphatic heterocycles. The average Bonchev–Trinajstić information content (AvgIpc) is 3.12. The van der Waals surface area contributed by atoms with Crippen molar-refractivity contribution in [2.45, 2.75) is 26.3 Å². The van der Waals surface area contributed by atoms with Crippen LogP contribution >= 0.6 is 0 Å². The van der Waals surface area contributed by atoms with E-state index in [1.807, 2.05) is 67.6 Å². The molecule has 6 nitrogen and oxygen atoms in total. The third-order valence-electron chi connectivity index (χ3n) is 4.38. The fourth-order valence-corrected chi connectivity index (χ4v) is 2.98. The van der Waals surface area contributed by atoms with Crippen LogP contribution in [0.3, 0.4) is 0 Å². The number of aryl methyl sites for hydroxylation is 2. The van der Waals surface area contributed by atoms with Gasteiger partial charge in [0.1, 0.15) is 11.3 Å². The average molecular weight is 378 g/mol. The van der Waals surface area contributed by atoms with E-state index in [0.717, 1.165) is 11.1 Å². The van der Waals surface area contributed by atoms with Crippen molar-refractivity contribution in [3.05, 3.63) is 88.8 Å². The van der Waals surface area contributed by atoms with Gasteiger partial charge in [0.25, 0.3) is 5.91 Å². The second-order valence-electron chi connectivity index (χ2n) is 6.31. The Hall–Kier alpha value is -3.41. The summed E-state index contributed by atoms with van der Waals surface area (Å²) in [5.41, 5.74) is 2.69. The van der Waals surface area contributed by atoms with Gasteiger partial charge in [0, 0.05) is 0 Å². The molecule has 1 amide bonds. The van der Waals surface area contributed by atoms with Gasteiger partial charge in [-0.05, 0) is 24.5 Å². The Labute approximate surface area is 163 Å². The highest BCUT2D eigenvalue weighted by Crippen LogP contribution is 2.21. The van der Waals surface area contributed by atoms with E-state index in [1.165, 1.54) is 0 Å². The number of rotatable bonds is 7. The smallest absolute Gasteiger partial charge is 0.344 e. The Kier molecular flexibility index (Phi) is 6.22. The van der Waals surface area contributed by atoms with Crippen LogP contribution in [0.2, 0.25) is 0 Å². The molecule has 28 heavy (non-hydrogen) atoms. The Bertz CT molecular complexity index is 896. The van der Waals surface area contributed by atoms with Gasteiger partial charge in [0.2, 0.25) is 0 Å². The van der Waals surface area contributed by atoms with Gasteiger partial charge >= 0.3 is 5.97 Å². The molecule has 0 fully saturated rings. The largest absolute Gasteiger partial charge is 0.452 e. The molecule has 1 heterocycles. The molecule has 6 heteroatoms. The van der Waals surface area contributed by atoms with Crippen molar-refractivity contribution >= 4 is 11.9 Å². The maximum absolute atomic E-state index is 12.5. The number of benzene rings is 2. The van der Waals surface area contributed by atoms with Crippen molar-refractivity contribution in [3.8, 4) is 0 Å². The zero-order chi connectivity index (χ0) is 19.9. The molecule has 2 aromatic carbocycles. The van der Waals surface area contributed by atoms with E-state index in [9.17, 15) is 9.59 Å². The molecule has 3 rings (SSSR count). The summed E-state index contributed by atoms with van der Waals surface area (Å²) in [7, 11) is 0. The van der Waals surface area contributed by atoms with E-state index in [2.05, 4.69) is 10.5 Å². The minimum absolute atomic E-state index is 0.290. The van der Waals surface area contributed by atoms with Gasteiger partial charge in [0.05, 0.1) is 11.7 Å². The molecule has 1 aromatic heterocycles. The highest BCUT2D eigenvalue weighted by molar-refractivity contribution is 5.93. The van der Waals surface area contributed by atoms with Crippen molar-refractivity contribution in [2.24, 2.45) is 0 Å². The number of amides is 1. The molecule has 0 bridgehead atoms. The topological polar surface area (TPSA) is 81.4 Å². The molecule has 0 radical (unpaired) electrons. The molecule has 144 valence electrons. The first-order chi connectivity index (χ1) is 13.6. The third-order valence-corrected chi connectivity index (χ3v) is 4.38. The minimum atomic E-state index is -0.610. The lowest BCUT2D eigenvalue weighted by molar-refractivity contribution is -0.124. The van der Waals surface area contributed by atoms with E-state index in [1.54, 1.807) is 6.92 Å². The van der Waals surface area contributed by atoms with E-state index < -0.39 is 11.9 Å². The van der Waals surface area contributed by atoms with Crippen LogP contribution in [0.25, 0.3) is 0 Å². The number of nitrogens with one attached hydrogen (secondary N) is 1. The highest BCUT2D eigenvalue weighted by atomic mass is 16.5. The summed E-state index contributed by atoms with van der Waals surface area (Å²) < 4.78 is 10.2. The molecular formula is C22H22N2O4. The number of ether oxygens (including phenoxy) is 1. The molecule has 0 aliphatic carbocycles. The normalized spacial score (nSPS) is 10.7. The van der Waals surface area contributed by atoms with Crippen LogP contribution < -0.4 is 5.32 Å². The number of esters is 1. The van der Waals surface area contributed by atoms with Crippen molar-refractivity contribution in [2.75, 3.05) is 6.61 Å². The number of carbonyl (C=O) groups excluding carboxylic acids is 2. The molecular weight excluding hydrogens is 356 g/mol. The number of hydrogen-bond donors (Lipinski definition) is 1. The van der Waals surface area contributed by atoms with Gasteiger partial charge in [-0.2, -0.15) is 0 Å². The zero-order valence-corrected chi connectivity index (χ0v) is 15.8. The number of nitrogens with zero attached hydrogens (tertiary/aromatic N) is 1. The Morgan fingerprint density at radius 2 is 1.61 bits per heavy atom. The molecule has 0 spiro atoms. The molecule has 3 aromatic rings. The summed E-state index contributed by atoms with van der Waals surface area (Å²) in [6.45, 7) is 3.12. The zero-order valence-electron chi connectivity index (χ0n) is 15.8. The summed E-state index contributed by atoms with van der Waals surface area (Å²) in [5.74, 6) is -0.617. The van der Waals surface area contributed by atoms with Gasteiger partial charge in [-0.1, -0.05) is 72.7 Å². The summed E-state index contributed by atoms with van der Waals surface area (Å²) in [6, 6.07) is 18.9. The summed E-state index contributed by atoms with van der Waals surface area (Å²) >= 11 is 0. The molecule has 0 atom stereocenters. The molecule has 0 unspecified atom stereocenters. The van der Waals surface area contributed by atoms with E-state index >= 15 is 0 Å². The monoisotopic (exact) mass is 378 g/mol. The van der Waals surface area contributed by atoms with Gasteiger partial charge in [-0.3, -0.25) is 4.79 Å². The fourth-order valence-electron chi connectivity index (χ4n) is 2.98. The Balaban J connectivity index is 1.69. The Morgan fingerprint density at radius 1 is 1.04 bits per heavy atom. The lowest BCUT2D eigenvalue weighted by atomic mass is 9.99. The fraction of sp³-hybridized carbons (Fsp3) is 0.227. The second-order valence-corrected chi connectivity index (χ2v) is 6.31. The van der Waals surface area contributed by atoms with Crippen LogP contribution in [0, 0.1) is 6.92 Å². The predicted molar refractivity (Wildman–Crippen MR) is 104 cm³/mol. The van der Waals surface area contributed by atoms with E-state index in [0.29, 0.717) is 17.9 Å². The van der Waals surface area contributed by atoms with Gasteiger partial charge in [-0.15, -0.1) is 0 Å². The van der Waals surface area contributed by atoms with Crippen molar-refractivity contribution < 1.29 is 18.8 Å². The summed E-state index contributed by atoms with van der Waals surface area (Å²) in [6.07, 6.45) is 0.540. The number of aromatic nitrogens is 1. The van der Waals surface area contributed by atoms with Crippen LogP contribution in [-0.2, 0) is 16.0 Å². The van der Waals surface area contributed by atoms with Gasteiger partial charge in [0.15, 0.2) is 6.61 Å². The highest BCUT2D eigenvalue weighted by Gasteiger charge is 2.22. The van der Waals surface area contributed by atoms with Crippen LogP contribution in [-0.4, -0.2) is 23.6 Å². The lowest BCUT2D eigenvalue weighted by Gasteiger charge is -2.20. The van der Waals surface area contributed by atoms with Crippen molar-refractivity contribution in [1.29, 1.82) is 0 Å². The first-order valence-corrected chi connectivity index (χ1v) is 9.11. The third kappa shape index (κ3) is 4.46. The lowest BCUT2D eigenvalue weighted by Crippen LogP contribution is -2.33. The minimum Gasteiger partial charge on any atom is -0.452 e. The number of hydrogen-bond acceptors (Lipinski definition) is 5. The van der Waals surface area contributed by atoms with E-state index in [4.69, 9.17) is 9.26 Å². The molecule has 1 N–H and O–H groups in total. The number of carbonyl (C=O) groups is 2. The maximum Gasteiger partial charge on any atom is 0.344 e. The SMILES string of the molecule is CCc1noc(C)c1C(=O)OCC(=O)NC(c1ccccc1)c1ccccc1. The quantitative estimate of drug-likeness (QED) is 0.635. The molecule has 0 aliphatic rings. The first-order valence-electron chi connectivity index (χ1n) is 9.11. The summed E-state index contributed by atoms with van der Waals surface area (Å²) in [5, 5.41) is 6.77. The second kappa shape index (κ2) is 8.99. The van der Waals surface area contributed by atoms with E-state index in [-0.39, 0.29) is 18.2 Å². The van der Waals surface area contributed by atoms with Crippen molar-refractivity contribution in [3.63, 3.8) is 0 Å². The van der Waals surface area contributed by atoms with Crippen LogP contribution in [0.1, 0.15) is 45.9 Å². The molecule has 0 saturated carbocycles. The van der Waals surface area contributed by atoms with Crippen LogP contribution in [0.5, 0.6) is 0 Å². The van der Waals surface area contributed by atoms with Crippen LogP contribution in [0.15, 0.2) is 65.2 Å². The standard InChI is InChI=1S/C22H22N2O4/c1-3-18-20(15(2)28-24-18)22(26)27-14-19(25)23-21(16-10-6-4-7-11-16)17-12-8-5-9-13-17/h4-13,21H,3,14H2,1-2H3,(H,23,25).